The van der Waals surface area contributed by atoms with Crippen LogP contribution in [0, 0.1) is 0 Å². The molecule has 0 saturated carbocycles. The summed E-state index contributed by atoms with van der Waals surface area (Å²) in [7, 11) is 0. The fourth-order valence-corrected chi connectivity index (χ4v) is 1.61. The molecular weight excluding hydrogens is 178 g/mol. The van der Waals surface area contributed by atoms with Crippen LogP contribution in [0.1, 0.15) is 12.0 Å². The highest BCUT2D eigenvalue weighted by molar-refractivity contribution is 5.80. The summed E-state index contributed by atoms with van der Waals surface area (Å²) in [6, 6.07) is 10.1. The van der Waals surface area contributed by atoms with Crippen molar-refractivity contribution >= 4 is 10.9 Å². The van der Waals surface area contributed by atoms with Gasteiger partial charge in [-0.25, -0.2) is 0 Å². The van der Waals surface area contributed by atoms with E-state index >= 15 is 0 Å². The number of rotatable bonds is 1. The van der Waals surface area contributed by atoms with Gasteiger partial charge < -0.3 is 14.5 Å². The van der Waals surface area contributed by atoms with Gasteiger partial charge in [-0.05, 0) is 17.5 Å². The molecule has 0 saturated heterocycles. The molecule has 0 unspecified atom stereocenters. The second-order valence-electron chi connectivity index (χ2n) is 3.19. The summed E-state index contributed by atoms with van der Waals surface area (Å²) >= 11 is 0. The topological polar surface area (TPSA) is 34.2 Å². The Bertz CT molecular complexity index is 446. The summed E-state index contributed by atoms with van der Waals surface area (Å²) in [4.78, 5) is 3.25. The van der Waals surface area contributed by atoms with Crippen LogP contribution in [0.25, 0.3) is 10.9 Å². The molecule has 1 N–H and O–H groups in total. The van der Waals surface area contributed by atoms with Crippen LogP contribution in [-0.2, 0) is 9.47 Å². The average Bonchev–Trinajstić information content (AvgIpc) is 2.86. The monoisotopic (exact) mass is 187 g/mol. The molecule has 0 fully saturated rings. The number of aromatic amines is 1. The lowest BCUT2D eigenvalue weighted by Crippen LogP contribution is -1.97. The van der Waals surface area contributed by atoms with Crippen molar-refractivity contribution in [1.82, 2.24) is 4.98 Å². The molecular formula is C11H9NO2. The van der Waals surface area contributed by atoms with Crippen molar-refractivity contribution in [2.75, 3.05) is 0 Å². The van der Waals surface area contributed by atoms with Gasteiger partial charge in [-0.3, -0.25) is 0 Å². The smallest absolute Gasteiger partial charge is 0.281 e. The third kappa shape index (κ3) is 1.06. The minimum atomic E-state index is -0.317. The first kappa shape index (κ1) is 7.50. The number of fused-ring (bicyclic) bond motifs is 1. The summed E-state index contributed by atoms with van der Waals surface area (Å²) in [5.74, 6) is 0. The Hall–Kier alpha value is -1.90. The van der Waals surface area contributed by atoms with Crippen LogP contribution in [0.2, 0.25) is 0 Å². The molecule has 0 amide bonds. The number of para-hydroxylation sites is 1. The minimum Gasteiger partial charge on any atom is -0.454 e. The van der Waals surface area contributed by atoms with Crippen LogP contribution in [0.15, 0.2) is 42.9 Å². The number of ether oxygens (including phenoxy) is 2. The van der Waals surface area contributed by atoms with Crippen molar-refractivity contribution in [3.05, 3.63) is 48.5 Å². The Morgan fingerprint density at radius 3 is 2.64 bits per heavy atom. The van der Waals surface area contributed by atoms with E-state index in [1.54, 1.807) is 12.5 Å². The maximum atomic E-state index is 5.23. The summed E-state index contributed by atoms with van der Waals surface area (Å²) < 4.78 is 10.5. The van der Waals surface area contributed by atoms with E-state index in [9.17, 15) is 0 Å². The third-order valence-corrected chi connectivity index (χ3v) is 2.26. The quantitative estimate of drug-likeness (QED) is 0.744. The minimum absolute atomic E-state index is 0.317. The molecule has 14 heavy (non-hydrogen) atoms. The van der Waals surface area contributed by atoms with Crippen molar-refractivity contribution < 1.29 is 9.47 Å². The van der Waals surface area contributed by atoms with Crippen LogP contribution in [-0.4, -0.2) is 4.98 Å². The van der Waals surface area contributed by atoms with Crippen molar-refractivity contribution in [1.29, 1.82) is 0 Å². The van der Waals surface area contributed by atoms with Gasteiger partial charge in [-0.2, -0.15) is 0 Å². The Kier molecular flexibility index (Phi) is 1.50. The molecule has 1 aliphatic rings. The normalized spacial score (nSPS) is 15.7. The highest BCUT2D eigenvalue weighted by Crippen LogP contribution is 2.26. The molecule has 70 valence electrons. The van der Waals surface area contributed by atoms with Crippen molar-refractivity contribution in [3.8, 4) is 0 Å². The molecule has 0 radical (unpaired) electrons. The molecule has 3 rings (SSSR count). The standard InChI is InChI=1S/C11H9NO2/c1-2-4-9-8(3-1)7-10(12-9)11-13-5-6-14-11/h1-7,11-12H. The van der Waals surface area contributed by atoms with Crippen LogP contribution in [0.3, 0.4) is 0 Å². The Labute approximate surface area is 80.9 Å². The molecule has 0 spiro atoms. The second kappa shape index (κ2) is 2.80. The molecule has 1 aromatic carbocycles. The maximum absolute atomic E-state index is 5.23. The molecule has 1 aromatic heterocycles. The second-order valence-corrected chi connectivity index (χ2v) is 3.19. The highest BCUT2D eigenvalue weighted by atomic mass is 16.7. The Morgan fingerprint density at radius 1 is 1.07 bits per heavy atom. The van der Waals surface area contributed by atoms with Gasteiger partial charge in [-0.1, -0.05) is 18.2 Å². The van der Waals surface area contributed by atoms with E-state index in [4.69, 9.17) is 9.47 Å². The lowest BCUT2D eigenvalue weighted by molar-refractivity contribution is -0.0274. The van der Waals surface area contributed by atoms with E-state index in [1.807, 2.05) is 24.3 Å². The molecule has 0 atom stereocenters. The van der Waals surface area contributed by atoms with Crippen molar-refractivity contribution in [2.45, 2.75) is 6.29 Å². The molecule has 2 aromatic rings. The molecule has 3 heteroatoms. The number of hydrogen-bond donors (Lipinski definition) is 1. The van der Waals surface area contributed by atoms with Crippen LogP contribution < -0.4 is 0 Å². The van der Waals surface area contributed by atoms with E-state index in [0.717, 1.165) is 11.2 Å². The van der Waals surface area contributed by atoms with Gasteiger partial charge in [0.25, 0.3) is 6.29 Å². The van der Waals surface area contributed by atoms with Gasteiger partial charge in [0.2, 0.25) is 0 Å². The summed E-state index contributed by atoms with van der Waals surface area (Å²) in [6.07, 6.45) is 2.79. The fourth-order valence-electron chi connectivity index (χ4n) is 1.61. The first-order valence-corrected chi connectivity index (χ1v) is 4.47. The van der Waals surface area contributed by atoms with E-state index in [0.29, 0.717) is 0 Å². The zero-order chi connectivity index (χ0) is 9.38. The number of hydrogen-bond acceptors (Lipinski definition) is 2. The summed E-state index contributed by atoms with van der Waals surface area (Å²) in [5.41, 5.74) is 2.04. The molecule has 1 aliphatic heterocycles. The van der Waals surface area contributed by atoms with Gasteiger partial charge in [-0.15, -0.1) is 0 Å². The maximum Gasteiger partial charge on any atom is 0.281 e. The van der Waals surface area contributed by atoms with Crippen LogP contribution >= 0.6 is 0 Å². The predicted molar refractivity (Wildman–Crippen MR) is 52.3 cm³/mol. The molecule has 0 aliphatic carbocycles. The Balaban J connectivity index is 2.05. The van der Waals surface area contributed by atoms with Gasteiger partial charge in [0.1, 0.15) is 12.5 Å². The average molecular weight is 187 g/mol. The van der Waals surface area contributed by atoms with E-state index in [1.165, 1.54) is 5.39 Å². The van der Waals surface area contributed by atoms with Crippen molar-refractivity contribution in [3.63, 3.8) is 0 Å². The summed E-state index contributed by atoms with van der Waals surface area (Å²) in [6.45, 7) is 0. The SMILES string of the molecule is C1=COC(c2cc3ccccc3[nH]2)O1. The Morgan fingerprint density at radius 2 is 1.86 bits per heavy atom. The first-order valence-electron chi connectivity index (χ1n) is 4.47. The number of benzene rings is 1. The van der Waals surface area contributed by atoms with Gasteiger partial charge >= 0.3 is 0 Å². The number of nitrogens with one attached hydrogen (secondary N) is 1. The predicted octanol–water partition coefficient (Wildman–Crippen LogP) is 2.68. The van der Waals surface area contributed by atoms with E-state index < -0.39 is 0 Å². The number of H-pyrrole nitrogens is 1. The van der Waals surface area contributed by atoms with Crippen LogP contribution in [0.5, 0.6) is 0 Å². The van der Waals surface area contributed by atoms with Gasteiger partial charge in [0.15, 0.2) is 0 Å². The largest absolute Gasteiger partial charge is 0.454 e. The fraction of sp³-hybridized carbons (Fsp3) is 0.0909. The third-order valence-electron chi connectivity index (χ3n) is 2.26. The molecule has 3 nitrogen and oxygen atoms in total. The molecule has 2 heterocycles. The van der Waals surface area contributed by atoms with Crippen LogP contribution in [0.4, 0.5) is 0 Å². The van der Waals surface area contributed by atoms with Gasteiger partial charge in [0, 0.05) is 5.52 Å². The number of aromatic nitrogens is 1. The highest BCUT2D eigenvalue weighted by Gasteiger charge is 2.17. The first-order chi connectivity index (χ1) is 6.93. The summed E-state index contributed by atoms with van der Waals surface area (Å²) in [5, 5.41) is 1.17. The zero-order valence-corrected chi connectivity index (χ0v) is 7.44. The van der Waals surface area contributed by atoms with E-state index in [2.05, 4.69) is 11.1 Å². The van der Waals surface area contributed by atoms with Crippen molar-refractivity contribution in [2.24, 2.45) is 0 Å². The lowest BCUT2D eigenvalue weighted by Gasteiger charge is -2.06. The van der Waals surface area contributed by atoms with E-state index in [-0.39, 0.29) is 6.29 Å². The zero-order valence-electron chi connectivity index (χ0n) is 7.44. The molecule has 0 bridgehead atoms. The lowest BCUT2D eigenvalue weighted by atomic mass is 10.2. The van der Waals surface area contributed by atoms with Gasteiger partial charge in [0.05, 0.1) is 5.69 Å².